The number of carbonyl (C=O) groups is 2. The Hall–Kier alpha value is -0.590. The second kappa shape index (κ2) is 5.84. The molecule has 0 aromatic carbocycles. The number of rotatable bonds is 4. The Bertz CT molecular complexity index is 297. The molecule has 0 aliphatic rings. The van der Waals surface area contributed by atoms with E-state index in [0.29, 0.717) is 4.90 Å². The van der Waals surface area contributed by atoms with Crippen molar-refractivity contribution < 1.29 is 22.8 Å². The van der Waals surface area contributed by atoms with Crippen molar-refractivity contribution in [3.63, 3.8) is 0 Å². The first kappa shape index (κ1) is 16.4. The van der Waals surface area contributed by atoms with Crippen LogP contribution in [0.1, 0.15) is 27.2 Å². The summed E-state index contributed by atoms with van der Waals surface area (Å²) in [7, 11) is 0. The van der Waals surface area contributed by atoms with Crippen molar-refractivity contribution in [2.24, 2.45) is 0 Å². The van der Waals surface area contributed by atoms with Crippen molar-refractivity contribution in [2.45, 2.75) is 38.9 Å². The molecular weight excluding hydrogens is 303 g/mol. The Morgan fingerprint density at radius 3 is 1.94 bits per heavy atom. The SMILES string of the molecule is CC(C)(C)N(CCC(=O)CBr)C(=O)C(F)(F)F. The summed E-state index contributed by atoms with van der Waals surface area (Å²) in [4.78, 5) is 22.9. The van der Waals surface area contributed by atoms with E-state index in [2.05, 4.69) is 15.9 Å². The van der Waals surface area contributed by atoms with Gasteiger partial charge in [-0.1, -0.05) is 15.9 Å². The van der Waals surface area contributed by atoms with Crippen LogP contribution in [-0.4, -0.2) is 40.2 Å². The molecular formula is C10H15BrF3NO2. The van der Waals surface area contributed by atoms with Gasteiger partial charge in [-0.25, -0.2) is 0 Å². The predicted molar refractivity (Wildman–Crippen MR) is 60.9 cm³/mol. The van der Waals surface area contributed by atoms with Gasteiger partial charge in [-0.2, -0.15) is 13.2 Å². The van der Waals surface area contributed by atoms with E-state index < -0.39 is 17.6 Å². The number of halogens is 4. The number of hydrogen-bond donors (Lipinski definition) is 0. The summed E-state index contributed by atoms with van der Waals surface area (Å²) in [5, 5.41) is 0.0746. The van der Waals surface area contributed by atoms with Gasteiger partial charge in [-0.05, 0) is 20.8 Å². The lowest BCUT2D eigenvalue weighted by Gasteiger charge is -2.36. The first-order chi connectivity index (χ1) is 7.50. The molecule has 0 spiro atoms. The average Bonchev–Trinajstić information content (AvgIpc) is 2.13. The fraction of sp³-hybridized carbons (Fsp3) is 0.800. The van der Waals surface area contributed by atoms with Crippen molar-refractivity contribution >= 4 is 27.6 Å². The number of carbonyl (C=O) groups excluding carboxylic acids is 2. The molecule has 0 rings (SSSR count). The molecule has 0 aromatic heterocycles. The Morgan fingerprint density at radius 2 is 1.65 bits per heavy atom. The summed E-state index contributed by atoms with van der Waals surface area (Å²) in [6, 6.07) is 0. The third-order valence-corrected chi connectivity index (χ3v) is 2.69. The van der Waals surface area contributed by atoms with Crippen LogP contribution in [0.5, 0.6) is 0 Å². The van der Waals surface area contributed by atoms with E-state index in [0.717, 1.165) is 0 Å². The van der Waals surface area contributed by atoms with E-state index >= 15 is 0 Å². The van der Waals surface area contributed by atoms with E-state index in [4.69, 9.17) is 0 Å². The van der Waals surface area contributed by atoms with Crippen LogP contribution in [0.3, 0.4) is 0 Å². The highest BCUT2D eigenvalue weighted by Crippen LogP contribution is 2.24. The highest BCUT2D eigenvalue weighted by atomic mass is 79.9. The molecule has 0 saturated heterocycles. The van der Waals surface area contributed by atoms with Gasteiger partial charge in [0.05, 0.1) is 5.33 Å². The molecule has 0 heterocycles. The Kier molecular flexibility index (Phi) is 5.64. The Balaban J connectivity index is 4.80. The zero-order valence-corrected chi connectivity index (χ0v) is 11.5. The van der Waals surface area contributed by atoms with Crippen molar-refractivity contribution in [3.8, 4) is 0 Å². The monoisotopic (exact) mass is 317 g/mol. The van der Waals surface area contributed by atoms with Gasteiger partial charge in [0.2, 0.25) is 0 Å². The van der Waals surface area contributed by atoms with Gasteiger partial charge in [0.25, 0.3) is 0 Å². The van der Waals surface area contributed by atoms with Gasteiger partial charge in [-0.3, -0.25) is 9.59 Å². The fourth-order valence-corrected chi connectivity index (χ4v) is 1.48. The van der Waals surface area contributed by atoms with Crippen molar-refractivity contribution in [1.29, 1.82) is 0 Å². The van der Waals surface area contributed by atoms with Crippen LogP contribution in [0.4, 0.5) is 13.2 Å². The minimum atomic E-state index is -4.91. The lowest BCUT2D eigenvalue weighted by Crippen LogP contribution is -2.51. The Labute approximate surface area is 106 Å². The highest BCUT2D eigenvalue weighted by molar-refractivity contribution is 9.09. The summed E-state index contributed by atoms with van der Waals surface area (Å²) in [5.74, 6) is -2.15. The van der Waals surface area contributed by atoms with Crippen LogP contribution in [-0.2, 0) is 9.59 Å². The minimum absolute atomic E-state index is 0.0746. The number of ketones is 1. The standard InChI is InChI=1S/C10H15BrF3NO2/c1-9(2,3)15(5-4-7(16)6-11)8(17)10(12,13)14/h4-6H2,1-3H3. The third-order valence-electron chi connectivity index (χ3n) is 2.06. The molecule has 100 valence electrons. The van der Waals surface area contributed by atoms with E-state index in [9.17, 15) is 22.8 Å². The molecule has 0 N–H and O–H groups in total. The van der Waals surface area contributed by atoms with E-state index in [1.54, 1.807) is 0 Å². The van der Waals surface area contributed by atoms with Gasteiger partial charge < -0.3 is 4.90 Å². The van der Waals surface area contributed by atoms with E-state index in [1.165, 1.54) is 20.8 Å². The second-order valence-electron chi connectivity index (χ2n) is 4.55. The van der Waals surface area contributed by atoms with Gasteiger partial charge in [-0.15, -0.1) is 0 Å². The lowest BCUT2D eigenvalue weighted by atomic mass is 10.0. The lowest BCUT2D eigenvalue weighted by molar-refractivity contribution is -0.190. The summed E-state index contributed by atoms with van der Waals surface area (Å²) in [6.07, 6.45) is -5.00. The fourth-order valence-electron chi connectivity index (χ4n) is 1.20. The molecule has 0 radical (unpaired) electrons. The van der Waals surface area contributed by atoms with Crippen molar-refractivity contribution in [1.82, 2.24) is 4.90 Å². The number of hydrogen-bond acceptors (Lipinski definition) is 2. The molecule has 0 atom stereocenters. The maximum absolute atomic E-state index is 12.4. The van der Waals surface area contributed by atoms with Crippen LogP contribution in [0, 0.1) is 0 Å². The predicted octanol–water partition coefficient (Wildman–Crippen LogP) is 2.53. The van der Waals surface area contributed by atoms with Gasteiger partial charge >= 0.3 is 12.1 Å². The summed E-state index contributed by atoms with van der Waals surface area (Å²) in [6.45, 7) is 4.26. The first-order valence-electron chi connectivity index (χ1n) is 4.96. The van der Waals surface area contributed by atoms with Crippen LogP contribution < -0.4 is 0 Å². The molecule has 0 aliphatic heterocycles. The number of amides is 1. The van der Waals surface area contributed by atoms with Crippen molar-refractivity contribution in [3.05, 3.63) is 0 Å². The van der Waals surface area contributed by atoms with Crippen LogP contribution in [0.15, 0.2) is 0 Å². The van der Waals surface area contributed by atoms with Gasteiger partial charge in [0.1, 0.15) is 5.78 Å². The third kappa shape index (κ3) is 5.52. The molecule has 0 aliphatic carbocycles. The van der Waals surface area contributed by atoms with Crippen LogP contribution in [0.2, 0.25) is 0 Å². The summed E-state index contributed by atoms with van der Waals surface area (Å²) in [5.41, 5.74) is -0.973. The van der Waals surface area contributed by atoms with Gasteiger partial charge in [0.15, 0.2) is 0 Å². The van der Waals surface area contributed by atoms with E-state index in [-0.39, 0.29) is 24.1 Å². The maximum atomic E-state index is 12.4. The minimum Gasteiger partial charge on any atom is -0.330 e. The quantitative estimate of drug-likeness (QED) is 0.747. The zero-order valence-electron chi connectivity index (χ0n) is 9.90. The van der Waals surface area contributed by atoms with Crippen LogP contribution in [0.25, 0.3) is 0 Å². The number of Topliss-reactive ketones (excluding diaryl/α,β-unsaturated/α-hetero) is 1. The van der Waals surface area contributed by atoms with Crippen molar-refractivity contribution in [2.75, 3.05) is 11.9 Å². The molecule has 7 heteroatoms. The molecule has 0 aromatic rings. The highest BCUT2D eigenvalue weighted by Gasteiger charge is 2.45. The summed E-state index contributed by atoms with van der Waals surface area (Å²) >= 11 is 2.92. The normalized spacial score (nSPS) is 12.4. The number of alkyl halides is 4. The first-order valence-corrected chi connectivity index (χ1v) is 6.08. The largest absolute Gasteiger partial charge is 0.471 e. The zero-order chi connectivity index (χ0) is 13.9. The summed E-state index contributed by atoms with van der Waals surface area (Å²) < 4.78 is 37.1. The number of nitrogens with zero attached hydrogens (tertiary/aromatic N) is 1. The molecule has 1 amide bonds. The molecule has 0 unspecified atom stereocenters. The maximum Gasteiger partial charge on any atom is 0.471 e. The van der Waals surface area contributed by atoms with Crippen LogP contribution >= 0.6 is 15.9 Å². The molecule has 0 saturated carbocycles. The van der Waals surface area contributed by atoms with E-state index in [1.807, 2.05) is 0 Å². The van der Waals surface area contributed by atoms with Gasteiger partial charge in [0, 0.05) is 18.5 Å². The molecule has 0 bridgehead atoms. The molecule has 0 fully saturated rings. The topological polar surface area (TPSA) is 37.4 Å². The molecule has 17 heavy (non-hydrogen) atoms. The smallest absolute Gasteiger partial charge is 0.330 e. The Morgan fingerprint density at radius 1 is 1.18 bits per heavy atom. The average molecular weight is 318 g/mol. The molecule has 3 nitrogen and oxygen atoms in total. The second-order valence-corrected chi connectivity index (χ2v) is 5.11.